The minimum Gasteiger partial charge on any atom is -0.469 e. The molecule has 27 heavy (non-hydrogen) atoms. The molecule has 6 nitrogen and oxygen atoms in total. The van der Waals surface area contributed by atoms with Crippen molar-refractivity contribution in [1.29, 1.82) is 0 Å². The number of esters is 1. The van der Waals surface area contributed by atoms with Crippen molar-refractivity contribution in [2.45, 2.75) is 20.0 Å². The third-order valence-corrected chi connectivity index (χ3v) is 4.23. The average molecular weight is 365 g/mol. The van der Waals surface area contributed by atoms with Gasteiger partial charge in [0, 0.05) is 18.7 Å². The van der Waals surface area contributed by atoms with Crippen molar-refractivity contribution in [2.75, 3.05) is 13.7 Å². The van der Waals surface area contributed by atoms with Gasteiger partial charge in [0.05, 0.1) is 19.6 Å². The number of hydrogen-bond acceptors (Lipinski definition) is 6. The minimum atomic E-state index is -0.254. The van der Waals surface area contributed by atoms with Gasteiger partial charge in [0.1, 0.15) is 0 Å². The van der Waals surface area contributed by atoms with E-state index in [4.69, 9.17) is 9.15 Å². The number of rotatable bonds is 8. The molecule has 2 aromatic carbocycles. The topological polar surface area (TPSA) is 68.5 Å². The number of carbonyl (C=O) groups excluding carboxylic acids is 1. The van der Waals surface area contributed by atoms with Gasteiger partial charge in [0.15, 0.2) is 0 Å². The van der Waals surface area contributed by atoms with E-state index in [1.54, 1.807) is 0 Å². The number of nitrogens with zero attached hydrogens (tertiary/aromatic N) is 3. The monoisotopic (exact) mass is 365 g/mol. The quantitative estimate of drug-likeness (QED) is 0.569. The molecule has 0 spiro atoms. The van der Waals surface area contributed by atoms with Crippen molar-refractivity contribution in [3.05, 3.63) is 72.1 Å². The molecule has 0 saturated carbocycles. The van der Waals surface area contributed by atoms with Crippen LogP contribution in [0.15, 0.2) is 65.1 Å². The summed E-state index contributed by atoms with van der Waals surface area (Å²) < 4.78 is 10.7. The van der Waals surface area contributed by atoms with Crippen LogP contribution in [0.25, 0.3) is 11.5 Å². The molecule has 0 aliphatic heterocycles. The third kappa shape index (κ3) is 5.24. The SMILES string of the molecule is COC(=O)C(C)CN(Cc1ccccc1)Cc1nnc(-c2ccccc2)o1. The summed E-state index contributed by atoms with van der Waals surface area (Å²) >= 11 is 0. The van der Waals surface area contributed by atoms with Gasteiger partial charge in [-0.15, -0.1) is 10.2 Å². The molecular formula is C21H23N3O3. The van der Waals surface area contributed by atoms with Crippen LogP contribution in [-0.2, 0) is 22.6 Å². The van der Waals surface area contributed by atoms with Crippen LogP contribution in [0.3, 0.4) is 0 Å². The Morgan fingerprint density at radius 3 is 2.37 bits per heavy atom. The van der Waals surface area contributed by atoms with Crippen molar-refractivity contribution < 1.29 is 13.9 Å². The molecule has 1 aromatic heterocycles. The smallest absolute Gasteiger partial charge is 0.309 e. The highest BCUT2D eigenvalue weighted by atomic mass is 16.5. The molecule has 1 unspecified atom stereocenters. The standard InChI is InChI=1S/C21H23N3O3/c1-16(21(25)26-2)13-24(14-17-9-5-3-6-10-17)15-19-22-23-20(27-19)18-11-7-4-8-12-18/h3-12,16H,13-15H2,1-2H3. The van der Waals surface area contributed by atoms with E-state index < -0.39 is 0 Å². The van der Waals surface area contributed by atoms with Crippen LogP contribution in [0.5, 0.6) is 0 Å². The molecule has 0 amide bonds. The maximum absolute atomic E-state index is 11.8. The molecule has 0 N–H and O–H groups in total. The fraction of sp³-hybridized carbons (Fsp3) is 0.286. The molecule has 1 heterocycles. The number of benzene rings is 2. The zero-order valence-electron chi connectivity index (χ0n) is 15.5. The van der Waals surface area contributed by atoms with Crippen molar-refractivity contribution >= 4 is 5.97 Å². The molecular weight excluding hydrogens is 342 g/mol. The summed E-state index contributed by atoms with van der Waals surface area (Å²) in [5, 5.41) is 8.31. The van der Waals surface area contributed by atoms with Gasteiger partial charge >= 0.3 is 5.97 Å². The number of hydrogen-bond donors (Lipinski definition) is 0. The predicted octanol–water partition coefficient (Wildman–Crippen LogP) is 3.55. The molecule has 140 valence electrons. The molecule has 0 aliphatic rings. The van der Waals surface area contributed by atoms with Crippen molar-refractivity contribution in [2.24, 2.45) is 5.92 Å². The minimum absolute atomic E-state index is 0.233. The molecule has 0 saturated heterocycles. The molecule has 0 aliphatic carbocycles. The lowest BCUT2D eigenvalue weighted by molar-refractivity contribution is -0.145. The first-order valence-electron chi connectivity index (χ1n) is 8.87. The molecule has 3 aromatic rings. The highest BCUT2D eigenvalue weighted by molar-refractivity contribution is 5.72. The summed E-state index contributed by atoms with van der Waals surface area (Å²) in [6.45, 7) is 3.51. The normalized spacial score (nSPS) is 12.1. The lowest BCUT2D eigenvalue weighted by atomic mass is 10.1. The Hall–Kier alpha value is -2.99. The van der Waals surface area contributed by atoms with Crippen molar-refractivity contribution in [3.63, 3.8) is 0 Å². The highest BCUT2D eigenvalue weighted by Gasteiger charge is 2.20. The van der Waals surface area contributed by atoms with Crippen LogP contribution < -0.4 is 0 Å². The Morgan fingerprint density at radius 1 is 1.04 bits per heavy atom. The van der Waals surface area contributed by atoms with Gasteiger partial charge in [-0.1, -0.05) is 55.5 Å². The second-order valence-electron chi connectivity index (χ2n) is 6.45. The van der Waals surface area contributed by atoms with Crippen LogP contribution in [0, 0.1) is 5.92 Å². The second kappa shape index (κ2) is 9.09. The zero-order chi connectivity index (χ0) is 19.1. The molecule has 0 radical (unpaired) electrons. The van der Waals surface area contributed by atoms with Gasteiger partial charge in [-0.05, 0) is 17.7 Å². The summed E-state index contributed by atoms with van der Waals surface area (Å²) in [6, 6.07) is 19.7. The third-order valence-electron chi connectivity index (χ3n) is 4.23. The van der Waals surface area contributed by atoms with Crippen LogP contribution in [-0.4, -0.2) is 34.7 Å². The number of carbonyl (C=O) groups is 1. The number of ether oxygens (including phenoxy) is 1. The van der Waals surface area contributed by atoms with Crippen molar-refractivity contribution in [1.82, 2.24) is 15.1 Å². The van der Waals surface area contributed by atoms with E-state index in [-0.39, 0.29) is 11.9 Å². The first kappa shape index (κ1) is 18.8. The van der Waals surface area contributed by atoms with E-state index in [0.717, 1.165) is 11.1 Å². The van der Waals surface area contributed by atoms with Crippen molar-refractivity contribution in [3.8, 4) is 11.5 Å². The Labute approximate surface area is 158 Å². The van der Waals surface area contributed by atoms with Gasteiger partial charge in [-0.2, -0.15) is 0 Å². The Morgan fingerprint density at radius 2 is 1.70 bits per heavy atom. The summed E-state index contributed by atoms with van der Waals surface area (Å²) in [5.41, 5.74) is 2.03. The lowest BCUT2D eigenvalue weighted by Gasteiger charge is -2.23. The maximum Gasteiger partial charge on any atom is 0.309 e. The predicted molar refractivity (Wildman–Crippen MR) is 101 cm³/mol. The van der Waals surface area contributed by atoms with E-state index in [0.29, 0.717) is 31.4 Å². The van der Waals surface area contributed by atoms with E-state index in [2.05, 4.69) is 27.2 Å². The van der Waals surface area contributed by atoms with Crippen LogP contribution in [0.1, 0.15) is 18.4 Å². The van der Waals surface area contributed by atoms with E-state index in [1.807, 2.05) is 55.5 Å². The van der Waals surface area contributed by atoms with Gasteiger partial charge < -0.3 is 9.15 Å². The van der Waals surface area contributed by atoms with Gasteiger partial charge in [-0.25, -0.2) is 0 Å². The Kier molecular flexibility index (Phi) is 6.33. The molecule has 6 heteroatoms. The Balaban J connectivity index is 1.74. The van der Waals surface area contributed by atoms with Crippen LogP contribution in [0.2, 0.25) is 0 Å². The second-order valence-corrected chi connectivity index (χ2v) is 6.45. The molecule has 1 atom stereocenters. The summed E-state index contributed by atoms with van der Waals surface area (Å²) in [4.78, 5) is 14.0. The maximum atomic E-state index is 11.8. The van der Waals surface area contributed by atoms with E-state index in [1.165, 1.54) is 7.11 Å². The summed E-state index contributed by atoms with van der Waals surface area (Å²) in [5.74, 6) is 0.520. The van der Waals surface area contributed by atoms with Crippen LogP contribution in [0.4, 0.5) is 0 Å². The molecule has 0 bridgehead atoms. The fourth-order valence-electron chi connectivity index (χ4n) is 2.90. The van der Waals surface area contributed by atoms with Crippen LogP contribution >= 0.6 is 0 Å². The summed E-state index contributed by atoms with van der Waals surface area (Å²) in [6.07, 6.45) is 0. The van der Waals surface area contributed by atoms with E-state index in [9.17, 15) is 4.79 Å². The highest BCUT2D eigenvalue weighted by Crippen LogP contribution is 2.19. The fourth-order valence-corrected chi connectivity index (χ4v) is 2.90. The molecule has 3 rings (SSSR count). The Bertz CT molecular complexity index is 849. The van der Waals surface area contributed by atoms with Gasteiger partial charge in [0.2, 0.25) is 11.8 Å². The summed E-state index contributed by atoms with van der Waals surface area (Å²) in [7, 11) is 1.41. The van der Waals surface area contributed by atoms with Gasteiger partial charge in [-0.3, -0.25) is 9.69 Å². The first-order chi connectivity index (χ1) is 13.2. The largest absolute Gasteiger partial charge is 0.469 e. The number of methoxy groups -OCH3 is 1. The first-order valence-corrected chi connectivity index (χ1v) is 8.87. The van der Waals surface area contributed by atoms with E-state index >= 15 is 0 Å². The number of aromatic nitrogens is 2. The lowest BCUT2D eigenvalue weighted by Crippen LogP contribution is -2.32. The average Bonchev–Trinajstić information content (AvgIpc) is 3.17. The zero-order valence-corrected chi connectivity index (χ0v) is 15.5. The van der Waals surface area contributed by atoms with Gasteiger partial charge in [0.25, 0.3) is 0 Å². The molecule has 0 fully saturated rings.